The number of hydrogen-bond donors (Lipinski definition) is 2. The van der Waals surface area contributed by atoms with Gasteiger partial charge in [-0.15, -0.1) is 12.4 Å². The fourth-order valence-electron chi connectivity index (χ4n) is 2.66. The SMILES string of the molecule is COc1cc(CNC(=O)C2CCNCC2)cc(OC)c1OC.Cl. The number of amides is 1. The van der Waals surface area contributed by atoms with E-state index in [-0.39, 0.29) is 24.2 Å². The van der Waals surface area contributed by atoms with Gasteiger partial charge in [0.15, 0.2) is 11.5 Å². The molecular formula is C16H25ClN2O4. The standard InChI is InChI=1S/C16H24N2O4.ClH/c1-20-13-8-11(9-14(21-2)15(13)22-3)10-18-16(19)12-4-6-17-7-5-12;/h8-9,12,17H,4-7,10H2,1-3H3,(H,18,19);1H. The second-order valence-corrected chi connectivity index (χ2v) is 5.28. The summed E-state index contributed by atoms with van der Waals surface area (Å²) in [7, 11) is 4.72. The van der Waals surface area contributed by atoms with Gasteiger partial charge in [-0.25, -0.2) is 0 Å². The zero-order valence-corrected chi connectivity index (χ0v) is 14.6. The molecule has 0 unspecified atom stereocenters. The Morgan fingerprint density at radius 2 is 1.70 bits per heavy atom. The predicted molar refractivity (Wildman–Crippen MR) is 90.8 cm³/mol. The third-order valence-electron chi connectivity index (χ3n) is 3.90. The summed E-state index contributed by atoms with van der Waals surface area (Å²) in [5.74, 6) is 1.94. The van der Waals surface area contributed by atoms with Crippen LogP contribution >= 0.6 is 12.4 Å². The van der Waals surface area contributed by atoms with Crippen molar-refractivity contribution in [3.05, 3.63) is 17.7 Å². The molecule has 7 heteroatoms. The number of carbonyl (C=O) groups excluding carboxylic acids is 1. The van der Waals surface area contributed by atoms with Crippen LogP contribution in [0.4, 0.5) is 0 Å². The smallest absolute Gasteiger partial charge is 0.223 e. The van der Waals surface area contributed by atoms with E-state index in [4.69, 9.17) is 14.2 Å². The van der Waals surface area contributed by atoms with Crippen LogP contribution in [-0.4, -0.2) is 40.3 Å². The van der Waals surface area contributed by atoms with E-state index in [1.807, 2.05) is 12.1 Å². The molecule has 1 aliphatic rings. The van der Waals surface area contributed by atoms with Crippen LogP contribution in [0.1, 0.15) is 18.4 Å². The Balaban J connectivity index is 0.00000264. The molecule has 1 aliphatic heterocycles. The number of nitrogens with one attached hydrogen (secondary N) is 2. The van der Waals surface area contributed by atoms with Crippen molar-refractivity contribution in [2.75, 3.05) is 34.4 Å². The summed E-state index contributed by atoms with van der Waals surface area (Å²) in [5, 5.41) is 6.25. The zero-order valence-electron chi connectivity index (χ0n) is 13.8. The van der Waals surface area contributed by atoms with E-state index in [0.29, 0.717) is 23.8 Å². The molecule has 1 aromatic rings. The number of piperidine rings is 1. The Bertz CT molecular complexity index is 494. The van der Waals surface area contributed by atoms with Gasteiger partial charge in [0.25, 0.3) is 0 Å². The summed E-state index contributed by atoms with van der Waals surface area (Å²) in [4.78, 5) is 12.2. The average molecular weight is 345 g/mol. The Morgan fingerprint density at radius 3 is 2.17 bits per heavy atom. The van der Waals surface area contributed by atoms with Gasteiger partial charge in [0.1, 0.15) is 0 Å². The van der Waals surface area contributed by atoms with Crippen LogP contribution < -0.4 is 24.8 Å². The fraction of sp³-hybridized carbons (Fsp3) is 0.562. The molecule has 0 aromatic heterocycles. The minimum Gasteiger partial charge on any atom is -0.493 e. The molecule has 0 radical (unpaired) electrons. The fourth-order valence-corrected chi connectivity index (χ4v) is 2.66. The van der Waals surface area contributed by atoms with Gasteiger partial charge in [0, 0.05) is 12.5 Å². The lowest BCUT2D eigenvalue weighted by Gasteiger charge is -2.22. The molecule has 1 heterocycles. The number of carbonyl (C=O) groups is 1. The first-order chi connectivity index (χ1) is 10.7. The molecular weight excluding hydrogens is 320 g/mol. The van der Waals surface area contributed by atoms with Crippen molar-refractivity contribution in [1.82, 2.24) is 10.6 Å². The zero-order chi connectivity index (χ0) is 15.9. The Morgan fingerprint density at radius 1 is 1.13 bits per heavy atom. The number of ether oxygens (including phenoxy) is 3. The minimum atomic E-state index is 0. The molecule has 0 spiro atoms. The van der Waals surface area contributed by atoms with Gasteiger partial charge in [0.2, 0.25) is 11.7 Å². The van der Waals surface area contributed by atoms with Gasteiger partial charge in [-0.05, 0) is 43.6 Å². The Labute approximate surface area is 143 Å². The van der Waals surface area contributed by atoms with E-state index in [0.717, 1.165) is 31.5 Å². The van der Waals surface area contributed by atoms with Crippen LogP contribution in [0, 0.1) is 5.92 Å². The summed E-state index contributed by atoms with van der Waals surface area (Å²) in [6, 6.07) is 3.70. The number of rotatable bonds is 6. The highest BCUT2D eigenvalue weighted by molar-refractivity contribution is 5.85. The average Bonchev–Trinajstić information content (AvgIpc) is 2.59. The largest absolute Gasteiger partial charge is 0.493 e. The number of benzene rings is 1. The quantitative estimate of drug-likeness (QED) is 0.823. The van der Waals surface area contributed by atoms with Crippen LogP contribution in [0.25, 0.3) is 0 Å². The predicted octanol–water partition coefficient (Wildman–Crippen LogP) is 1.75. The van der Waals surface area contributed by atoms with Crippen molar-refractivity contribution >= 4 is 18.3 Å². The van der Waals surface area contributed by atoms with E-state index in [9.17, 15) is 4.79 Å². The van der Waals surface area contributed by atoms with E-state index in [1.54, 1.807) is 21.3 Å². The van der Waals surface area contributed by atoms with Gasteiger partial charge in [-0.1, -0.05) is 0 Å². The lowest BCUT2D eigenvalue weighted by atomic mass is 9.97. The Kier molecular flexibility index (Phi) is 7.98. The molecule has 2 N–H and O–H groups in total. The van der Waals surface area contributed by atoms with Crippen molar-refractivity contribution in [1.29, 1.82) is 0 Å². The van der Waals surface area contributed by atoms with Crippen LogP contribution in [0.15, 0.2) is 12.1 Å². The van der Waals surface area contributed by atoms with Gasteiger partial charge < -0.3 is 24.8 Å². The number of halogens is 1. The molecule has 0 aliphatic carbocycles. The van der Waals surface area contributed by atoms with Gasteiger partial charge >= 0.3 is 0 Å². The summed E-state index contributed by atoms with van der Waals surface area (Å²) in [6.07, 6.45) is 1.78. The number of methoxy groups -OCH3 is 3. The molecule has 0 saturated carbocycles. The van der Waals surface area contributed by atoms with Crippen molar-refractivity contribution in [2.45, 2.75) is 19.4 Å². The summed E-state index contributed by atoms with van der Waals surface area (Å²) < 4.78 is 15.9. The molecule has 6 nitrogen and oxygen atoms in total. The third-order valence-corrected chi connectivity index (χ3v) is 3.90. The van der Waals surface area contributed by atoms with Crippen LogP contribution in [0.2, 0.25) is 0 Å². The van der Waals surface area contributed by atoms with Crippen LogP contribution in [-0.2, 0) is 11.3 Å². The molecule has 1 saturated heterocycles. The molecule has 1 aromatic carbocycles. The molecule has 1 amide bonds. The molecule has 2 rings (SSSR count). The van der Waals surface area contributed by atoms with Gasteiger partial charge in [0.05, 0.1) is 21.3 Å². The first-order valence-corrected chi connectivity index (χ1v) is 7.47. The second kappa shape index (κ2) is 9.47. The van der Waals surface area contributed by atoms with Gasteiger partial charge in [-0.2, -0.15) is 0 Å². The van der Waals surface area contributed by atoms with Crippen molar-refractivity contribution in [3.63, 3.8) is 0 Å². The maximum Gasteiger partial charge on any atom is 0.223 e. The summed E-state index contributed by atoms with van der Waals surface area (Å²) in [6.45, 7) is 2.25. The maximum absolute atomic E-state index is 12.2. The van der Waals surface area contributed by atoms with Crippen molar-refractivity contribution < 1.29 is 19.0 Å². The highest BCUT2D eigenvalue weighted by Crippen LogP contribution is 2.38. The molecule has 23 heavy (non-hydrogen) atoms. The van der Waals surface area contributed by atoms with Crippen LogP contribution in [0.5, 0.6) is 17.2 Å². The third kappa shape index (κ3) is 4.91. The molecule has 130 valence electrons. The molecule has 0 bridgehead atoms. The Hall–Kier alpha value is -1.66. The van der Waals surface area contributed by atoms with E-state index >= 15 is 0 Å². The monoisotopic (exact) mass is 344 g/mol. The van der Waals surface area contributed by atoms with E-state index in [2.05, 4.69) is 10.6 Å². The summed E-state index contributed by atoms with van der Waals surface area (Å²) >= 11 is 0. The van der Waals surface area contributed by atoms with Crippen molar-refractivity contribution in [3.8, 4) is 17.2 Å². The highest BCUT2D eigenvalue weighted by Gasteiger charge is 2.21. The topological polar surface area (TPSA) is 68.8 Å². The first kappa shape index (κ1) is 19.4. The van der Waals surface area contributed by atoms with E-state index in [1.165, 1.54) is 0 Å². The lowest BCUT2D eigenvalue weighted by Crippen LogP contribution is -2.37. The molecule has 0 atom stereocenters. The lowest BCUT2D eigenvalue weighted by molar-refractivity contribution is -0.125. The summed E-state index contributed by atoms with van der Waals surface area (Å²) in [5.41, 5.74) is 0.914. The van der Waals surface area contributed by atoms with Crippen molar-refractivity contribution in [2.24, 2.45) is 5.92 Å². The number of hydrogen-bond acceptors (Lipinski definition) is 5. The van der Waals surface area contributed by atoms with E-state index < -0.39 is 0 Å². The maximum atomic E-state index is 12.2. The van der Waals surface area contributed by atoms with Gasteiger partial charge in [-0.3, -0.25) is 4.79 Å². The molecule has 1 fully saturated rings. The first-order valence-electron chi connectivity index (χ1n) is 7.47. The second-order valence-electron chi connectivity index (χ2n) is 5.28. The normalized spacial score (nSPS) is 14.6. The van der Waals surface area contributed by atoms with Crippen LogP contribution in [0.3, 0.4) is 0 Å². The highest BCUT2D eigenvalue weighted by atomic mass is 35.5. The minimum absolute atomic E-state index is 0.